The van der Waals surface area contributed by atoms with Crippen molar-refractivity contribution >= 4 is 5.97 Å². The minimum absolute atomic E-state index is 0.384. The molecule has 0 amide bonds. The van der Waals surface area contributed by atoms with Gasteiger partial charge in [-0.2, -0.15) is 0 Å². The molecule has 23 heavy (non-hydrogen) atoms. The maximum atomic E-state index is 12.2. The van der Waals surface area contributed by atoms with Crippen LogP contribution in [0.4, 0.5) is 0 Å². The second-order valence-corrected chi connectivity index (χ2v) is 5.45. The highest BCUT2D eigenvalue weighted by atomic mass is 16.5. The van der Waals surface area contributed by atoms with Gasteiger partial charge in [0.15, 0.2) is 11.5 Å². The van der Waals surface area contributed by atoms with E-state index in [9.17, 15) is 4.79 Å². The minimum atomic E-state index is -0.388. The van der Waals surface area contributed by atoms with Crippen molar-refractivity contribution < 1.29 is 23.7 Å². The fourth-order valence-corrected chi connectivity index (χ4v) is 2.73. The molecule has 1 aliphatic rings. The predicted octanol–water partition coefficient (Wildman–Crippen LogP) is 2.36. The van der Waals surface area contributed by atoms with E-state index in [2.05, 4.69) is 4.90 Å². The molecule has 0 spiro atoms. The molecule has 0 aromatic heterocycles. The van der Waals surface area contributed by atoms with Gasteiger partial charge >= 0.3 is 5.97 Å². The molecule has 128 valence electrons. The third kappa shape index (κ3) is 4.51. The number of benzene rings is 1. The zero-order valence-electron chi connectivity index (χ0n) is 14.1. The Morgan fingerprint density at radius 2 is 1.61 bits per heavy atom. The van der Waals surface area contributed by atoms with Crippen molar-refractivity contribution in [3.63, 3.8) is 0 Å². The van der Waals surface area contributed by atoms with E-state index < -0.39 is 0 Å². The average Bonchev–Trinajstić information content (AvgIpc) is 2.61. The van der Waals surface area contributed by atoms with Gasteiger partial charge in [-0.25, -0.2) is 4.79 Å². The lowest BCUT2D eigenvalue weighted by Gasteiger charge is -2.25. The summed E-state index contributed by atoms with van der Waals surface area (Å²) in [6, 6.07) is 3.20. The highest BCUT2D eigenvalue weighted by Crippen LogP contribution is 2.38. The lowest BCUT2D eigenvalue weighted by molar-refractivity contribution is 0.0451. The van der Waals surface area contributed by atoms with Gasteiger partial charge in [0, 0.05) is 6.54 Å². The largest absolute Gasteiger partial charge is 0.493 e. The maximum Gasteiger partial charge on any atom is 0.338 e. The Kier molecular flexibility index (Phi) is 6.52. The Labute approximate surface area is 137 Å². The Morgan fingerprint density at radius 1 is 1.00 bits per heavy atom. The monoisotopic (exact) mass is 323 g/mol. The van der Waals surface area contributed by atoms with Gasteiger partial charge in [0.1, 0.15) is 6.61 Å². The van der Waals surface area contributed by atoms with E-state index in [1.165, 1.54) is 40.6 Å². The van der Waals surface area contributed by atoms with E-state index in [1.54, 1.807) is 12.1 Å². The van der Waals surface area contributed by atoms with Gasteiger partial charge in [-0.15, -0.1) is 0 Å². The van der Waals surface area contributed by atoms with Crippen molar-refractivity contribution in [2.75, 3.05) is 47.6 Å². The molecule has 0 saturated carbocycles. The zero-order chi connectivity index (χ0) is 16.7. The molecule has 1 aromatic carbocycles. The highest BCUT2D eigenvalue weighted by molar-refractivity contribution is 5.91. The van der Waals surface area contributed by atoms with Crippen LogP contribution in [0.25, 0.3) is 0 Å². The lowest BCUT2D eigenvalue weighted by atomic mass is 10.1. The van der Waals surface area contributed by atoms with E-state index in [0.29, 0.717) is 29.4 Å². The van der Waals surface area contributed by atoms with Gasteiger partial charge < -0.3 is 18.9 Å². The van der Waals surface area contributed by atoms with Gasteiger partial charge in [0.05, 0.1) is 26.9 Å². The summed E-state index contributed by atoms with van der Waals surface area (Å²) < 4.78 is 21.1. The van der Waals surface area contributed by atoms with Crippen molar-refractivity contribution in [3.05, 3.63) is 17.7 Å². The fourth-order valence-electron chi connectivity index (χ4n) is 2.73. The third-order valence-electron chi connectivity index (χ3n) is 3.99. The van der Waals surface area contributed by atoms with Crippen molar-refractivity contribution in [2.24, 2.45) is 0 Å². The summed E-state index contributed by atoms with van der Waals surface area (Å²) in [6.45, 7) is 3.33. The zero-order valence-corrected chi connectivity index (χ0v) is 14.1. The Bertz CT molecular complexity index is 501. The number of rotatable bonds is 7. The molecule has 6 heteroatoms. The minimum Gasteiger partial charge on any atom is -0.493 e. The molecule has 0 bridgehead atoms. The van der Waals surface area contributed by atoms with E-state index in [4.69, 9.17) is 18.9 Å². The van der Waals surface area contributed by atoms with Gasteiger partial charge in [-0.1, -0.05) is 6.42 Å². The van der Waals surface area contributed by atoms with Crippen LogP contribution < -0.4 is 14.2 Å². The first-order valence-electron chi connectivity index (χ1n) is 7.89. The van der Waals surface area contributed by atoms with Crippen LogP contribution in [0.5, 0.6) is 17.2 Å². The third-order valence-corrected chi connectivity index (χ3v) is 3.99. The summed E-state index contributed by atoms with van der Waals surface area (Å²) in [5.41, 5.74) is 0.387. The maximum absolute atomic E-state index is 12.2. The number of likely N-dealkylation sites (tertiary alicyclic amines) is 1. The average molecular weight is 323 g/mol. The Morgan fingerprint density at radius 3 is 2.13 bits per heavy atom. The summed E-state index contributed by atoms with van der Waals surface area (Å²) >= 11 is 0. The number of methoxy groups -OCH3 is 3. The van der Waals surface area contributed by atoms with Gasteiger partial charge in [-0.05, 0) is 38.1 Å². The molecule has 1 fully saturated rings. The molecule has 1 saturated heterocycles. The van der Waals surface area contributed by atoms with Gasteiger partial charge in [-0.3, -0.25) is 4.90 Å². The van der Waals surface area contributed by atoms with Crippen molar-refractivity contribution in [1.29, 1.82) is 0 Å². The molecule has 0 atom stereocenters. The molecule has 0 aliphatic carbocycles. The molecule has 1 aliphatic heterocycles. The summed E-state index contributed by atoms with van der Waals surface area (Å²) in [5.74, 6) is 0.950. The lowest BCUT2D eigenvalue weighted by Crippen LogP contribution is -2.33. The van der Waals surface area contributed by atoms with Crippen LogP contribution in [0, 0.1) is 0 Å². The number of nitrogens with zero attached hydrogens (tertiary/aromatic N) is 1. The number of carbonyl (C=O) groups excluding carboxylic acids is 1. The van der Waals surface area contributed by atoms with Crippen LogP contribution in [-0.2, 0) is 4.74 Å². The SMILES string of the molecule is COc1cc(C(=O)OCCN2CCCCC2)cc(OC)c1OC. The summed E-state index contributed by atoms with van der Waals surface area (Å²) in [7, 11) is 4.56. The number of hydrogen-bond acceptors (Lipinski definition) is 6. The van der Waals surface area contributed by atoms with E-state index in [1.807, 2.05) is 0 Å². The van der Waals surface area contributed by atoms with Crippen LogP contribution in [0.15, 0.2) is 12.1 Å². The van der Waals surface area contributed by atoms with Crippen molar-refractivity contribution in [3.8, 4) is 17.2 Å². The number of carbonyl (C=O) groups is 1. The van der Waals surface area contributed by atoms with E-state index in [-0.39, 0.29) is 5.97 Å². The first-order chi connectivity index (χ1) is 11.2. The van der Waals surface area contributed by atoms with Crippen LogP contribution in [0.3, 0.4) is 0 Å². The first-order valence-corrected chi connectivity index (χ1v) is 7.89. The van der Waals surface area contributed by atoms with Crippen LogP contribution >= 0.6 is 0 Å². The smallest absolute Gasteiger partial charge is 0.338 e. The van der Waals surface area contributed by atoms with E-state index >= 15 is 0 Å². The van der Waals surface area contributed by atoms with Crippen molar-refractivity contribution in [2.45, 2.75) is 19.3 Å². The molecule has 6 nitrogen and oxygen atoms in total. The number of ether oxygens (including phenoxy) is 4. The summed E-state index contributed by atoms with van der Waals surface area (Å²) in [6.07, 6.45) is 3.74. The summed E-state index contributed by atoms with van der Waals surface area (Å²) in [5, 5.41) is 0. The molecular weight excluding hydrogens is 298 g/mol. The highest BCUT2D eigenvalue weighted by Gasteiger charge is 2.18. The normalized spacial score (nSPS) is 15.1. The standard InChI is InChI=1S/C17H25NO5/c1-20-14-11-13(12-15(21-2)16(14)22-3)17(19)23-10-9-18-7-5-4-6-8-18/h11-12H,4-10H2,1-3H3. The molecule has 0 unspecified atom stereocenters. The number of hydrogen-bond donors (Lipinski definition) is 0. The Hall–Kier alpha value is -1.95. The quantitative estimate of drug-likeness (QED) is 0.718. The first kappa shape index (κ1) is 17.4. The number of esters is 1. The van der Waals surface area contributed by atoms with Gasteiger partial charge in [0.25, 0.3) is 0 Å². The van der Waals surface area contributed by atoms with Gasteiger partial charge in [0.2, 0.25) is 5.75 Å². The topological polar surface area (TPSA) is 57.2 Å². The molecule has 0 radical (unpaired) electrons. The Balaban J connectivity index is 1.98. The number of piperidine rings is 1. The predicted molar refractivity (Wildman–Crippen MR) is 86.7 cm³/mol. The van der Waals surface area contributed by atoms with Crippen LogP contribution in [0.1, 0.15) is 29.6 Å². The van der Waals surface area contributed by atoms with E-state index in [0.717, 1.165) is 19.6 Å². The van der Waals surface area contributed by atoms with Crippen molar-refractivity contribution in [1.82, 2.24) is 4.90 Å². The second kappa shape index (κ2) is 8.62. The molecular formula is C17H25NO5. The van der Waals surface area contributed by atoms with Crippen LogP contribution in [-0.4, -0.2) is 58.4 Å². The second-order valence-electron chi connectivity index (χ2n) is 5.45. The molecule has 1 aromatic rings. The molecule has 2 rings (SSSR count). The van der Waals surface area contributed by atoms with Crippen LogP contribution in [0.2, 0.25) is 0 Å². The molecule has 0 N–H and O–H groups in total. The fraction of sp³-hybridized carbons (Fsp3) is 0.588. The summed E-state index contributed by atoms with van der Waals surface area (Å²) in [4.78, 5) is 14.6. The molecule has 1 heterocycles.